The lowest BCUT2D eigenvalue weighted by molar-refractivity contribution is 0.120. The number of rotatable bonds is 5. The number of hydrogen-bond acceptors (Lipinski definition) is 7. The Morgan fingerprint density at radius 3 is 2.74 bits per heavy atom. The van der Waals surface area contributed by atoms with Gasteiger partial charge in [-0.05, 0) is 19.9 Å². The van der Waals surface area contributed by atoms with E-state index in [9.17, 15) is 4.79 Å². The molecule has 0 bridgehead atoms. The average molecular weight is 442 g/mol. The average Bonchev–Trinajstić information content (AvgIpc) is 3.32. The van der Waals surface area contributed by atoms with Crippen LogP contribution in [0.4, 0.5) is 16.2 Å². The molecular weight excluding hydrogens is 422 g/mol. The van der Waals surface area contributed by atoms with Crippen molar-refractivity contribution in [3.05, 3.63) is 47.3 Å². The molecule has 31 heavy (non-hydrogen) atoms. The summed E-state index contributed by atoms with van der Waals surface area (Å²) >= 11 is 6.31. The van der Waals surface area contributed by atoms with Crippen molar-refractivity contribution in [1.29, 1.82) is 0 Å². The number of fused-ring (bicyclic) bond motifs is 1. The number of amides is 2. The Morgan fingerprint density at radius 1 is 1.26 bits per heavy atom. The fourth-order valence-corrected chi connectivity index (χ4v) is 3.34. The second-order valence-corrected chi connectivity index (χ2v) is 7.28. The molecule has 0 aromatic carbocycles. The summed E-state index contributed by atoms with van der Waals surface area (Å²) in [6.45, 7) is 3.74. The number of nitrogens with one attached hydrogen (secondary N) is 2. The Kier molecular flexibility index (Phi) is 5.53. The molecule has 160 valence electrons. The lowest BCUT2D eigenvalue weighted by Gasteiger charge is -2.16. The molecule has 0 radical (unpaired) electrons. The lowest BCUT2D eigenvalue weighted by atomic mass is 10.1. The molecule has 0 aliphatic rings. The van der Waals surface area contributed by atoms with Crippen molar-refractivity contribution in [2.24, 2.45) is 7.05 Å². The number of imidazole rings is 1. The van der Waals surface area contributed by atoms with E-state index in [1.807, 2.05) is 13.8 Å². The van der Waals surface area contributed by atoms with E-state index >= 15 is 0 Å². The summed E-state index contributed by atoms with van der Waals surface area (Å²) in [5, 5.41) is 14.3. The first-order valence-corrected chi connectivity index (χ1v) is 9.70. The van der Waals surface area contributed by atoms with Crippen molar-refractivity contribution in [2.75, 3.05) is 17.7 Å². The predicted molar refractivity (Wildman–Crippen MR) is 115 cm³/mol. The maximum atomic E-state index is 12.6. The molecule has 0 aliphatic carbocycles. The first kappa shape index (κ1) is 20.7. The van der Waals surface area contributed by atoms with Crippen LogP contribution in [0.1, 0.15) is 24.3 Å². The predicted octanol–water partition coefficient (Wildman–Crippen LogP) is 3.23. The molecule has 2 amide bonds. The Balaban J connectivity index is 1.56. The maximum absolute atomic E-state index is 12.6. The van der Waals surface area contributed by atoms with Gasteiger partial charge in [0, 0.05) is 14.2 Å². The molecule has 0 unspecified atom stereocenters. The monoisotopic (exact) mass is 441 g/mol. The first-order valence-electron chi connectivity index (χ1n) is 9.33. The number of anilines is 2. The molecule has 0 saturated carbocycles. The van der Waals surface area contributed by atoms with Crippen molar-refractivity contribution < 1.29 is 9.53 Å². The molecule has 11 nitrogen and oxygen atoms in total. The van der Waals surface area contributed by atoms with Gasteiger partial charge in [0.1, 0.15) is 12.0 Å². The van der Waals surface area contributed by atoms with Crippen LogP contribution in [0.3, 0.4) is 0 Å². The van der Waals surface area contributed by atoms with Crippen LogP contribution in [0.2, 0.25) is 5.02 Å². The first-order chi connectivity index (χ1) is 14.9. The van der Waals surface area contributed by atoms with Crippen LogP contribution in [-0.2, 0) is 11.8 Å². The van der Waals surface area contributed by atoms with Crippen molar-refractivity contribution >= 4 is 34.7 Å². The third kappa shape index (κ3) is 4.18. The van der Waals surface area contributed by atoms with Gasteiger partial charge in [0.15, 0.2) is 5.65 Å². The number of carbonyl (C=O) groups is 1. The third-order valence-electron chi connectivity index (χ3n) is 4.57. The second-order valence-electron chi connectivity index (χ2n) is 6.88. The normalized spacial score (nSPS) is 12.2. The van der Waals surface area contributed by atoms with Crippen molar-refractivity contribution in [2.45, 2.75) is 20.0 Å². The number of hydrogen-bond donors (Lipinski definition) is 2. The molecule has 12 heteroatoms. The zero-order chi connectivity index (χ0) is 22.1. The molecule has 4 aromatic heterocycles. The summed E-state index contributed by atoms with van der Waals surface area (Å²) in [6, 6.07) is 1.10. The van der Waals surface area contributed by atoms with E-state index in [4.69, 9.17) is 16.3 Å². The summed E-state index contributed by atoms with van der Waals surface area (Å²) in [7, 11) is 3.34. The topological polar surface area (TPSA) is 124 Å². The van der Waals surface area contributed by atoms with E-state index in [0.29, 0.717) is 39.1 Å². The highest BCUT2D eigenvalue weighted by atomic mass is 35.5. The zero-order valence-electron chi connectivity index (χ0n) is 17.3. The summed E-state index contributed by atoms with van der Waals surface area (Å²) < 4.78 is 8.68. The zero-order valence-corrected chi connectivity index (χ0v) is 18.0. The second kappa shape index (κ2) is 8.28. The molecule has 0 aliphatic heterocycles. The number of carbonyl (C=O) groups excluding carboxylic acids is 1. The van der Waals surface area contributed by atoms with Gasteiger partial charge in [0.05, 0.1) is 52.3 Å². The molecule has 4 aromatic rings. The van der Waals surface area contributed by atoms with E-state index < -0.39 is 6.03 Å². The number of ether oxygens (including phenoxy) is 1. The minimum Gasteiger partial charge on any atom is -0.377 e. The Hall–Kier alpha value is -3.57. The van der Waals surface area contributed by atoms with E-state index in [0.717, 1.165) is 5.69 Å². The Morgan fingerprint density at radius 2 is 2.06 bits per heavy atom. The summed E-state index contributed by atoms with van der Waals surface area (Å²) in [6.07, 6.45) is 6.08. The van der Waals surface area contributed by atoms with Crippen LogP contribution < -0.4 is 10.6 Å². The van der Waals surface area contributed by atoms with Crippen LogP contribution >= 0.6 is 11.6 Å². The number of methoxy groups -OCH3 is 1. The summed E-state index contributed by atoms with van der Waals surface area (Å²) in [5.41, 5.74) is 3.46. The van der Waals surface area contributed by atoms with Crippen molar-refractivity contribution in [1.82, 2.24) is 34.3 Å². The van der Waals surface area contributed by atoms with Crippen molar-refractivity contribution in [3.8, 4) is 11.5 Å². The van der Waals surface area contributed by atoms with Gasteiger partial charge in [-0.15, -0.1) is 5.10 Å². The standard InChI is InChI=1S/C19H20ClN9O2/c1-10-8-29-18(24-10)15(11(2)31-4)14(7-23-29)26-19(30)25-12-5-13(20)16(21-6-12)17-22-9-28(3)27-17/h5-9,11H,1-4H3,(H2,25,26,30)/t11-/m0/s1. The van der Waals surface area contributed by atoms with Crippen molar-refractivity contribution in [3.63, 3.8) is 0 Å². The molecular formula is C19H20ClN9O2. The summed E-state index contributed by atoms with van der Waals surface area (Å²) in [4.78, 5) is 25.5. The number of nitrogens with zero attached hydrogens (tertiary/aromatic N) is 7. The van der Waals surface area contributed by atoms with Crippen LogP contribution in [0.15, 0.2) is 31.0 Å². The van der Waals surface area contributed by atoms with Gasteiger partial charge >= 0.3 is 6.03 Å². The smallest absolute Gasteiger partial charge is 0.323 e. The van der Waals surface area contributed by atoms with Gasteiger partial charge in [-0.2, -0.15) is 5.10 Å². The van der Waals surface area contributed by atoms with Crippen LogP contribution in [-0.4, -0.2) is 47.5 Å². The van der Waals surface area contributed by atoms with Gasteiger partial charge in [-0.1, -0.05) is 11.6 Å². The van der Waals surface area contributed by atoms with E-state index in [1.54, 1.807) is 48.1 Å². The molecule has 2 N–H and O–H groups in total. The number of aryl methyl sites for hydroxylation is 2. The van der Waals surface area contributed by atoms with Gasteiger partial charge in [-0.25, -0.2) is 24.3 Å². The van der Waals surface area contributed by atoms with Gasteiger partial charge < -0.3 is 15.4 Å². The number of aromatic nitrogens is 7. The quantitative estimate of drug-likeness (QED) is 0.487. The SMILES string of the molecule is CO[C@@H](C)c1c(NC(=O)Nc2cnc(-c3ncn(C)n3)c(Cl)c2)cnn2cc(C)nc12. The highest BCUT2D eigenvalue weighted by Gasteiger charge is 2.19. The Labute approximate surface area is 182 Å². The number of urea groups is 1. The third-order valence-corrected chi connectivity index (χ3v) is 4.86. The Bertz CT molecular complexity index is 1270. The minimum absolute atomic E-state index is 0.314. The van der Waals surface area contributed by atoms with Crippen LogP contribution in [0.25, 0.3) is 17.2 Å². The lowest BCUT2D eigenvalue weighted by Crippen LogP contribution is -2.21. The highest BCUT2D eigenvalue weighted by Crippen LogP contribution is 2.29. The highest BCUT2D eigenvalue weighted by molar-refractivity contribution is 6.33. The molecule has 0 fully saturated rings. The molecule has 4 rings (SSSR count). The maximum Gasteiger partial charge on any atom is 0.323 e. The summed E-state index contributed by atoms with van der Waals surface area (Å²) in [5.74, 6) is 0.399. The molecule has 0 saturated heterocycles. The molecule has 4 heterocycles. The molecule has 1 atom stereocenters. The minimum atomic E-state index is -0.486. The largest absolute Gasteiger partial charge is 0.377 e. The van der Waals surface area contributed by atoms with Gasteiger partial charge in [-0.3, -0.25) is 4.68 Å². The van der Waals surface area contributed by atoms with Crippen LogP contribution in [0.5, 0.6) is 0 Å². The molecule has 0 spiro atoms. The number of pyridine rings is 1. The fourth-order valence-electron chi connectivity index (χ4n) is 3.09. The van der Waals surface area contributed by atoms with Gasteiger partial charge in [0.25, 0.3) is 0 Å². The van der Waals surface area contributed by atoms with E-state index in [2.05, 4.69) is 35.8 Å². The fraction of sp³-hybridized carbons (Fsp3) is 0.263. The van der Waals surface area contributed by atoms with E-state index in [1.165, 1.54) is 6.20 Å². The number of halogens is 1. The van der Waals surface area contributed by atoms with Gasteiger partial charge in [0.2, 0.25) is 5.82 Å². The van der Waals surface area contributed by atoms with E-state index in [-0.39, 0.29) is 6.10 Å². The van der Waals surface area contributed by atoms with Crippen LogP contribution in [0, 0.1) is 6.92 Å².